The molecule has 1 aliphatic rings. The minimum Gasteiger partial charge on any atom is -0.478 e. The molecule has 4 rings (SSSR count). The molecular formula is C18H18ClN5O3. The van der Waals surface area contributed by atoms with Crippen LogP contribution in [-0.4, -0.2) is 44.2 Å². The molecule has 0 unspecified atom stereocenters. The van der Waals surface area contributed by atoms with Crippen LogP contribution >= 0.6 is 11.6 Å². The van der Waals surface area contributed by atoms with E-state index in [0.717, 1.165) is 13.0 Å². The largest absolute Gasteiger partial charge is 0.478 e. The van der Waals surface area contributed by atoms with E-state index in [9.17, 15) is 9.90 Å². The van der Waals surface area contributed by atoms with Crippen molar-refractivity contribution in [1.82, 2.24) is 19.5 Å². The topological polar surface area (TPSA) is 102 Å². The van der Waals surface area contributed by atoms with Crippen molar-refractivity contribution in [3.63, 3.8) is 0 Å². The van der Waals surface area contributed by atoms with Crippen LogP contribution in [0.4, 0.5) is 5.95 Å². The quantitative estimate of drug-likeness (QED) is 0.710. The summed E-state index contributed by atoms with van der Waals surface area (Å²) in [6, 6.07) is 1.84. The first-order valence-corrected chi connectivity index (χ1v) is 8.89. The SMILES string of the molecule is COc1nc(C)c(-c2cc(C(=O)O)c3c(nc4n3CCCN4)c2Cl)c(C)n1. The molecule has 2 aromatic heterocycles. The molecule has 0 radical (unpaired) electrons. The van der Waals surface area contributed by atoms with Crippen molar-refractivity contribution < 1.29 is 14.6 Å². The van der Waals surface area contributed by atoms with Gasteiger partial charge in [-0.2, -0.15) is 9.97 Å². The number of aromatic nitrogens is 4. The summed E-state index contributed by atoms with van der Waals surface area (Å²) in [5.74, 6) is -0.395. The van der Waals surface area contributed by atoms with E-state index in [1.54, 1.807) is 6.07 Å². The van der Waals surface area contributed by atoms with Gasteiger partial charge in [-0.05, 0) is 26.3 Å². The van der Waals surface area contributed by atoms with Crippen LogP contribution < -0.4 is 10.1 Å². The predicted octanol–water partition coefficient (Wildman–Crippen LogP) is 3.29. The van der Waals surface area contributed by atoms with Gasteiger partial charge < -0.3 is 19.7 Å². The molecule has 0 atom stereocenters. The molecule has 0 amide bonds. The Hall–Kier alpha value is -2.87. The summed E-state index contributed by atoms with van der Waals surface area (Å²) in [5.41, 5.74) is 3.69. The molecule has 1 aliphatic heterocycles. The fraction of sp³-hybridized carbons (Fsp3) is 0.333. The zero-order chi connectivity index (χ0) is 19.3. The number of hydrogen-bond donors (Lipinski definition) is 2. The van der Waals surface area contributed by atoms with Crippen molar-refractivity contribution in [2.45, 2.75) is 26.8 Å². The second-order valence-corrected chi connectivity index (χ2v) is 6.79. The van der Waals surface area contributed by atoms with Crippen LogP contribution in [0.25, 0.3) is 22.2 Å². The highest BCUT2D eigenvalue weighted by molar-refractivity contribution is 6.38. The zero-order valence-corrected chi connectivity index (χ0v) is 15.9. The summed E-state index contributed by atoms with van der Waals surface area (Å²) in [7, 11) is 1.50. The van der Waals surface area contributed by atoms with Gasteiger partial charge in [-0.25, -0.2) is 9.78 Å². The maximum absolute atomic E-state index is 12.0. The third kappa shape index (κ3) is 2.68. The van der Waals surface area contributed by atoms with Gasteiger partial charge in [0.1, 0.15) is 5.52 Å². The normalized spacial score (nSPS) is 13.3. The number of nitrogens with zero attached hydrogens (tertiary/aromatic N) is 4. The first kappa shape index (κ1) is 17.5. The fourth-order valence-electron chi connectivity index (χ4n) is 3.58. The smallest absolute Gasteiger partial charge is 0.337 e. The molecule has 8 nitrogen and oxygen atoms in total. The summed E-state index contributed by atoms with van der Waals surface area (Å²) in [6.07, 6.45) is 0.890. The number of ether oxygens (including phenoxy) is 1. The molecule has 0 saturated carbocycles. The van der Waals surface area contributed by atoms with Crippen molar-refractivity contribution in [2.75, 3.05) is 19.0 Å². The molecule has 0 fully saturated rings. The maximum atomic E-state index is 12.0. The number of benzene rings is 1. The number of aryl methyl sites for hydroxylation is 3. The first-order valence-electron chi connectivity index (χ1n) is 8.52. The van der Waals surface area contributed by atoms with Gasteiger partial charge in [0.2, 0.25) is 5.95 Å². The number of carbonyl (C=O) groups is 1. The van der Waals surface area contributed by atoms with Crippen LogP contribution in [0, 0.1) is 13.8 Å². The van der Waals surface area contributed by atoms with E-state index in [2.05, 4.69) is 20.3 Å². The Labute approximate surface area is 160 Å². The van der Waals surface area contributed by atoms with Crippen LogP contribution in [0.5, 0.6) is 6.01 Å². The monoisotopic (exact) mass is 387 g/mol. The Morgan fingerprint density at radius 2 is 2.00 bits per heavy atom. The van der Waals surface area contributed by atoms with E-state index < -0.39 is 5.97 Å². The van der Waals surface area contributed by atoms with E-state index in [1.165, 1.54) is 7.11 Å². The third-order valence-corrected chi connectivity index (χ3v) is 5.11. The van der Waals surface area contributed by atoms with E-state index in [0.29, 0.717) is 51.1 Å². The number of nitrogens with one attached hydrogen (secondary N) is 1. The number of fused-ring (bicyclic) bond motifs is 3. The minimum absolute atomic E-state index is 0.154. The Bertz CT molecular complexity index is 1070. The number of hydrogen-bond acceptors (Lipinski definition) is 6. The summed E-state index contributed by atoms with van der Waals surface area (Å²) in [6.45, 7) is 5.11. The number of carboxylic acids is 1. The molecule has 0 aliphatic carbocycles. The number of aromatic carboxylic acids is 1. The zero-order valence-electron chi connectivity index (χ0n) is 15.1. The molecule has 3 heterocycles. The molecule has 0 spiro atoms. The van der Waals surface area contributed by atoms with E-state index >= 15 is 0 Å². The predicted molar refractivity (Wildman–Crippen MR) is 102 cm³/mol. The van der Waals surface area contributed by atoms with Crippen molar-refractivity contribution >= 4 is 34.6 Å². The molecule has 2 N–H and O–H groups in total. The Morgan fingerprint density at radius 3 is 2.63 bits per heavy atom. The van der Waals surface area contributed by atoms with Gasteiger partial charge in [-0.3, -0.25) is 0 Å². The van der Waals surface area contributed by atoms with E-state index in [4.69, 9.17) is 16.3 Å². The number of carboxylic acid groups (broad SMARTS) is 1. The minimum atomic E-state index is -1.03. The maximum Gasteiger partial charge on any atom is 0.337 e. The molecule has 27 heavy (non-hydrogen) atoms. The lowest BCUT2D eigenvalue weighted by atomic mass is 9.99. The van der Waals surface area contributed by atoms with Crippen LogP contribution in [0.15, 0.2) is 6.07 Å². The highest BCUT2D eigenvalue weighted by Gasteiger charge is 2.26. The highest BCUT2D eigenvalue weighted by atomic mass is 35.5. The summed E-state index contributed by atoms with van der Waals surface area (Å²) >= 11 is 6.71. The van der Waals surface area contributed by atoms with Gasteiger partial charge in [-0.1, -0.05) is 11.6 Å². The molecule has 0 bridgehead atoms. The average molecular weight is 388 g/mol. The highest BCUT2D eigenvalue weighted by Crippen LogP contribution is 2.40. The Morgan fingerprint density at radius 1 is 1.30 bits per heavy atom. The molecule has 0 saturated heterocycles. The number of rotatable bonds is 3. The Balaban J connectivity index is 2.06. The van der Waals surface area contributed by atoms with E-state index in [1.807, 2.05) is 18.4 Å². The average Bonchev–Trinajstić information content (AvgIpc) is 3.02. The van der Waals surface area contributed by atoms with Gasteiger partial charge in [0.05, 0.1) is 34.6 Å². The first-order chi connectivity index (χ1) is 12.9. The van der Waals surface area contributed by atoms with Crippen LogP contribution in [0.3, 0.4) is 0 Å². The lowest BCUT2D eigenvalue weighted by molar-refractivity contribution is 0.0698. The van der Waals surface area contributed by atoms with Gasteiger partial charge in [0, 0.05) is 24.2 Å². The van der Waals surface area contributed by atoms with Crippen LogP contribution in [0.2, 0.25) is 5.02 Å². The molecular weight excluding hydrogens is 370 g/mol. The standard InChI is InChI=1S/C18H18ClN5O3/c1-8-12(9(2)22-18(21-8)27-3)10-7-11(16(25)26)15-14(13(10)19)23-17-20-5-4-6-24(15)17/h7H,4-6H2,1-3H3,(H,20,23)(H,25,26). The van der Waals surface area contributed by atoms with Gasteiger partial charge in [0.15, 0.2) is 0 Å². The number of methoxy groups -OCH3 is 1. The summed E-state index contributed by atoms with van der Waals surface area (Å²) < 4.78 is 6.99. The van der Waals surface area contributed by atoms with Crippen molar-refractivity contribution in [2.24, 2.45) is 0 Å². The van der Waals surface area contributed by atoms with Crippen molar-refractivity contribution in [3.8, 4) is 17.1 Å². The number of imidazole rings is 1. The molecule has 9 heteroatoms. The molecule has 3 aromatic rings. The second-order valence-electron chi connectivity index (χ2n) is 6.41. The molecule has 140 valence electrons. The lowest BCUT2D eigenvalue weighted by Crippen LogP contribution is -2.17. The Kier molecular flexibility index (Phi) is 4.15. The third-order valence-electron chi connectivity index (χ3n) is 4.73. The fourth-order valence-corrected chi connectivity index (χ4v) is 3.86. The lowest BCUT2D eigenvalue weighted by Gasteiger charge is -2.17. The number of halogens is 1. The van der Waals surface area contributed by atoms with Crippen LogP contribution in [-0.2, 0) is 6.54 Å². The molecule has 1 aromatic carbocycles. The van der Waals surface area contributed by atoms with Gasteiger partial charge in [-0.15, -0.1) is 0 Å². The summed E-state index contributed by atoms with van der Waals surface area (Å²) in [4.78, 5) is 25.2. The van der Waals surface area contributed by atoms with Crippen molar-refractivity contribution in [1.29, 1.82) is 0 Å². The van der Waals surface area contributed by atoms with E-state index in [-0.39, 0.29) is 11.6 Å². The number of anilines is 1. The second kappa shape index (κ2) is 6.38. The van der Waals surface area contributed by atoms with Gasteiger partial charge >= 0.3 is 12.0 Å². The van der Waals surface area contributed by atoms with Gasteiger partial charge in [0.25, 0.3) is 0 Å². The van der Waals surface area contributed by atoms with Crippen molar-refractivity contribution in [3.05, 3.63) is 28.0 Å². The van der Waals surface area contributed by atoms with Crippen LogP contribution in [0.1, 0.15) is 28.2 Å². The summed E-state index contributed by atoms with van der Waals surface area (Å²) in [5, 5.41) is 13.4.